The fourth-order valence-corrected chi connectivity index (χ4v) is 8.41. The van der Waals surface area contributed by atoms with Crippen LogP contribution in [0.2, 0.25) is 0 Å². The van der Waals surface area contributed by atoms with Gasteiger partial charge in [0.05, 0.1) is 22.4 Å². The Hall–Kier alpha value is -5.99. The number of rotatable bonds is 3. The minimum absolute atomic E-state index is 0.279. The minimum Gasteiger partial charge on any atom is -0.309 e. The summed E-state index contributed by atoms with van der Waals surface area (Å²) in [7, 11) is 0. The molecule has 0 aliphatic heterocycles. The Labute approximate surface area is 286 Å². The molecule has 232 valence electrons. The average molecular weight is 627 g/mol. The number of nitrogens with zero attached hydrogens (tertiary/aromatic N) is 2. The number of para-hydroxylation sites is 3. The highest BCUT2D eigenvalue weighted by Crippen LogP contribution is 2.45. The van der Waals surface area contributed by atoms with E-state index in [-0.39, 0.29) is 5.92 Å². The molecule has 1 aromatic heterocycles. The van der Waals surface area contributed by atoms with Crippen molar-refractivity contribution in [3.05, 3.63) is 191 Å². The third-order valence-corrected chi connectivity index (χ3v) is 10.8. The molecule has 8 aromatic rings. The van der Waals surface area contributed by atoms with Crippen molar-refractivity contribution in [2.24, 2.45) is 4.99 Å². The van der Waals surface area contributed by atoms with E-state index in [1.54, 1.807) is 0 Å². The molecule has 49 heavy (non-hydrogen) atoms. The fraction of sp³-hybridized carbons (Fsp3) is 0.0851. The maximum Gasteiger partial charge on any atom is 0.0662 e. The highest BCUT2D eigenvalue weighted by molar-refractivity contribution is 6.12. The Morgan fingerprint density at radius 1 is 0.531 bits per heavy atom. The first-order chi connectivity index (χ1) is 24.2. The zero-order valence-corrected chi connectivity index (χ0v) is 27.4. The molecule has 2 nitrogen and oxygen atoms in total. The first-order valence-corrected chi connectivity index (χ1v) is 17.3. The van der Waals surface area contributed by atoms with Crippen molar-refractivity contribution < 1.29 is 0 Å². The van der Waals surface area contributed by atoms with Crippen molar-refractivity contribution in [3.63, 3.8) is 0 Å². The highest BCUT2D eigenvalue weighted by atomic mass is 15.0. The Morgan fingerprint density at radius 3 is 2.04 bits per heavy atom. The SMILES string of the molecule is Cc1ccccc1N=C1Cc2ccc(-n3c4ccccc4c4ccccc43)cc2-c2ccc(C3Cc4ccccc4-c4ccccc43)cc21. The molecule has 2 aliphatic rings. The van der Waals surface area contributed by atoms with E-state index in [4.69, 9.17) is 4.99 Å². The summed E-state index contributed by atoms with van der Waals surface area (Å²) in [5, 5.41) is 2.56. The predicted octanol–water partition coefficient (Wildman–Crippen LogP) is 11.8. The van der Waals surface area contributed by atoms with E-state index in [1.807, 2.05) is 0 Å². The van der Waals surface area contributed by atoms with Crippen LogP contribution in [0, 0.1) is 6.92 Å². The summed E-state index contributed by atoms with van der Waals surface area (Å²) in [6, 6.07) is 58.1. The normalized spacial score (nSPS) is 15.5. The number of hydrogen-bond acceptors (Lipinski definition) is 1. The Kier molecular flexibility index (Phi) is 6.32. The van der Waals surface area contributed by atoms with Crippen LogP contribution in [-0.2, 0) is 12.8 Å². The Morgan fingerprint density at radius 2 is 1.22 bits per heavy atom. The van der Waals surface area contributed by atoms with Crippen LogP contribution in [0.5, 0.6) is 0 Å². The number of aromatic nitrogens is 1. The van der Waals surface area contributed by atoms with E-state index in [0.717, 1.165) is 24.2 Å². The van der Waals surface area contributed by atoms with E-state index < -0.39 is 0 Å². The average Bonchev–Trinajstić information content (AvgIpc) is 3.49. The van der Waals surface area contributed by atoms with Crippen LogP contribution in [0.25, 0.3) is 49.7 Å². The molecule has 2 heteroatoms. The lowest BCUT2D eigenvalue weighted by Gasteiger charge is -2.30. The molecule has 10 rings (SSSR count). The smallest absolute Gasteiger partial charge is 0.0662 e. The van der Waals surface area contributed by atoms with Gasteiger partial charge in [-0.25, -0.2) is 0 Å². The van der Waals surface area contributed by atoms with Gasteiger partial charge in [-0.1, -0.05) is 121 Å². The van der Waals surface area contributed by atoms with Crippen LogP contribution in [0.1, 0.15) is 39.3 Å². The first-order valence-electron chi connectivity index (χ1n) is 17.3. The van der Waals surface area contributed by atoms with Crippen LogP contribution in [0.15, 0.2) is 163 Å². The van der Waals surface area contributed by atoms with Crippen LogP contribution >= 0.6 is 0 Å². The molecule has 0 amide bonds. The molecule has 0 fully saturated rings. The molecular weight excluding hydrogens is 593 g/mol. The van der Waals surface area contributed by atoms with Crippen molar-refractivity contribution in [1.29, 1.82) is 0 Å². The Balaban J connectivity index is 1.17. The topological polar surface area (TPSA) is 17.3 Å². The summed E-state index contributed by atoms with van der Waals surface area (Å²) in [5.41, 5.74) is 19.0. The van der Waals surface area contributed by atoms with Gasteiger partial charge in [-0.2, -0.15) is 0 Å². The molecule has 0 bridgehead atoms. The van der Waals surface area contributed by atoms with Gasteiger partial charge in [-0.05, 0) is 99.8 Å². The molecule has 7 aromatic carbocycles. The summed E-state index contributed by atoms with van der Waals surface area (Å²) < 4.78 is 2.42. The maximum atomic E-state index is 5.39. The summed E-state index contributed by atoms with van der Waals surface area (Å²) >= 11 is 0. The molecule has 0 radical (unpaired) electrons. The second-order valence-electron chi connectivity index (χ2n) is 13.5. The van der Waals surface area contributed by atoms with Crippen LogP contribution in [-0.4, -0.2) is 10.3 Å². The van der Waals surface area contributed by atoms with Crippen molar-refractivity contribution in [2.45, 2.75) is 25.7 Å². The molecular formula is C47H34N2. The second-order valence-corrected chi connectivity index (χ2v) is 13.5. The third-order valence-electron chi connectivity index (χ3n) is 10.8. The third kappa shape index (κ3) is 4.44. The standard InChI is InChI=1S/C47H34N2/c1-30-12-2-9-19-44(30)48-45-28-33-22-24-34(49-46-20-10-7-17-39(46)40-18-8-11-21-47(40)49)29-42(33)38-25-23-32(27-43(38)45)41-26-31-13-3-4-14-35(31)36-15-5-6-16-37(36)41/h2-25,27,29,41H,26,28H2,1H3. The van der Waals surface area contributed by atoms with Gasteiger partial charge in [0.25, 0.3) is 0 Å². The van der Waals surface area contributed by atoms with Crippen LogP contribution in [0.4, 0.5) is 5.69 Å². The van der Waals surface area contributed by atoms with Gasteiger partial charge in [0.15, 0.2) is 0 Å². The molecule has 0 saturated heterocycles. The molecule has 0 saturated carbocycles. The van der Waals surface area contributed by atoms with Gasteiger partial charge in [0, 0.05) is 34.4 Å². The minimum atomic E-state index is 0.279. The lowest BCUT2D eigenvalue weighted by atomic mass is 9.74. The van der Waals surface area contributed by atoms with Gasteiger partial charge in [0.1, 0.15) is 0 Å². The maximum absolute atomic E-state index is 5.39. The zero-order chi connectivity index (χ0) is 32.5. The van der Waals surface area contributed by atoms with Crippen molar-refractivity contribution >= 4 is 33.2 Å². The monoisotopic (exact) mass is 626 g/mol. The number of benzene rings is 7. The fourth-order valence-electron chi connectivity index (χ4n) is 8.41. The number of hydrogen-bond donors (Lipinski definition) is 0. The van der Waals surface area contributed by atoms with Crippen molar-refractivity contribution in [2.75, 3.05) is 0 Å². The van der Waals surface area contributed by atoms with Gasteiger partial charge >= 0.3 is 0 Å². The second kappa shape index (κ2) is 11.0. The van der Waals surface area contributed by atoms with Gasteiger partial charge in [0.2, 0.25) is 0 Å². The largest absolute Gasteiger partial charge is 0.309 e. The summed E-state index contributed by atoms with van der Waals surface area (Å²) in [6.45, 7) is 2.15. The van der Waals surface area contributed by atoms with Gasteiger partial charge in [-0.3, -0.25) is 4.99 Å². The predicted molar refractivity (Wildman–Crippen MR) is 205 cm³/mol. The van der Waals surface area contributed by atoms with E-state index in [2.05, 4.69) is 169 Å². The summed E-state index contributed by atoms with van der Waals surface area (Å²) in [5.74, 6) is 0.279. The lowest BCUT2D eigenvalue weighted by Crippen LogP contribution is -2.17. The van der Waals surface area contributed by atoms with Crippen molar-refractivity contribution in [1.82, 2.24) is 4.57 Å². The molecule has 1 unspecified atom stereocenters. The van der Waals surface area contributed by atoms with Crippen LogP contribution in [0.3, 0.4) is 0 Å². The molecule has 0 N–H and O–H groups in total. The van der Waals surface area contributed by atoms with Crippen LogP contribution < -0.4 is 0 Å². The molecule has 2 aliphatic carbocycles. The number of fused-ring (bicyclic) bond motifs is 9. The van der Waals surface area contributed by atoms with Gasteiger partial charge < -0.3 is 4.57 Å². The molecule has 1 heterocycles. The van der Waals surface area contributed by atoms with E-state index in [0.29, 0.717) is 0 Å². The lowest BCUT2D eigenvalue weighted by molar-refractivity contribution is 0.793. The van der Waals surface area contributed by atoms with E-state index in [1.165, 1.54) is 83.1 Å². The first kappa shape index (κ1) is 28.1. The zero-order valence-electron chi connectivity index (χ0n) is 27.4. The molecule has 0 spiro atoms. The van der Waals surface area contributed by atoms with E-state index >= 15 is 0 Å². The summed E-state index contributed by atoms with van der Waals surface area (Å²) in [4.78, 5) is 5.39. The quantitative estimate of drug-likeness (QED) is 0.186. The Bertz CT molecular complexity index is 2580. The number of aliphatic imine (C=N–C) groups is 1. The summed E-state index contributed by atoms with van der Waals surface area (Å²) in [6.07, 6.45) is 1.78. The van der Waals surface area contributed by atoms with E-state index in [9.17, 15) is 0 Å². The highest BCUT2D eigenvalue weighted by Gasteiger charge is 2.29. The van der Waals surface area contributed by atoms with Gasteiger partial charge in [-0.15, -0.1) is 0 Å². The molecule has 1 atom stereocenters. The number of aryl methyl sites for hydroxylation is 1. The van der Waals surface area contributed by atoms with Crippen molar-refractivity contribution in [3.8, 4) is 27.9 Å².